The predicted molar refractivity (Wildman–Crippen MR) is 142 cm³/mol. The molecule has 0 bridgehead atoms. The monoisotopic (exact) mass is 820 g/mol. The summed E-state index contributed by atoms with van der Waals surface area (Å²) in [5, 5.41) is 10.3. The van der Waals surface area contributed by atoms with Gasteiger partial charge in [0.1, 0.15) is 5.75 Å². The van der Waals surface area contributed by atoms with Crippen LogP contribution in [0.5, 0.6) is 5.75 Å². The standard InChI is InChI=1S/C21H12I4O3/c1-10-15(22)6-11(7-16(10)23)21(12-8-17(24)19(26)18(25)9-12)14-5-3-2-4-13(14)20(27)28-21/h2-9,26H,1H3. The summed E-state index contributed by atoms with van der Waals surface area (Å²) < 4.78 is 9.82. The summed E-state index contributed by atoms with van der Waals surface area (Å²) in [6.45, 7) is 2.08. The van der Waals surface area contributed by atoms with E-state index in [1.165, 1.54) is 5.56 Å². The Labute approximate surface area is 217 Å². The van der Waals surface area contributed by atoms with E-state index in [2.05, 4.69) is 109 Å². The third-order valence-electron chi connectivity index (χ3n) is 4.88. The highest BCUT2D eigenvalue weighted by Crippen LogP contribution is 2.49. The van der Waals surface area contributed by atoms with Crippen molar-refractivity contribution in [3.63, 3.8) is 0 Å². The molecule has 0 fully saturated rings. The maximum Gasteiger partial charge on any atom is 0.340 e. The van der Waals surface area contributed by atoms with Crippen molar-refractivity contribution in [3.8, 4) is 5.75 Å². The molecule has 1 heterocycles. The van der Waals surface area contributed by atoms with E-state index >= 15 is 0 Å². The van der Waals surface area contributed by atoms with Crippen LogP contribution < -0.4 is 0 Å². The molecule has 142 valence electrons. The molecule has 7 heteroatoms. The molecule has 0 saturated carbocycles. The van der Waals surface area contributed by atoms with E-state index in [1.807, 2.05) is 30.3 Å². The fourth-order valence-corrected chi connectivity index (χ4v) is 6.97. The maximum atomic E-state index is 12.8. The summed E-state index contributed by atoms with van der Waals surface area (Å²) in [5.41, 5.74) is 3.29. The molecule has 0 aliphatic carbocycles. The number of hydrogen-bond acceptors (Lipinski definition) is 3. The highest BCUT2D eigenvalue weighted by atomic mass is 127. The third kappa shape index (κ3) is 3.27. The molecule has 1 atom stereocenters. The van der Waals surface area contributed by atoms with E-state index < -0.39 is 5.60 Å². The molecule has 3 nitrogen and oxygen atoms in total. The Hall–Kier alpha value is -0.150. The molecule has 3 aromatic rings. The highest BCUT2D eigenvalue weighted by Gasteiger charge is 2.49. The second-order valence-corrected chi connectivity index (χ2v) is 11.1. The summed E-state index contributed by atoms with van der Waals surface area (Å²) in [4.78, 5) is 12.8. The van der Waals surface area contributed by atoms with Gasteiger partial charge < -0.3 is 9.84 Å². The summed E-state index contributed by atoms with van der Waals surface area (Å²) in [5.74, 6) is -0.0925. The minimum absolute atomic E-state index is 0.241. The minimum Gasteiger partial charge on any atom is -0.506 e. The Bertz CT molecular complexity index is 1040. The number of carbonyl (C=O) groups excluding carboxylic acids is 1. The molecular weight excluding hydrogens is 808 g/mol. The van der Waals surface area contributed by atoms with Gasteiger partial charge in [-0.25, -0.2) is 4.79 Å². The number of aromatic hydroxyl groups is 1. The molecule has 0 radical (unpaired) electrons. The van der Waals surface area contributed by atoms with Gasteiger partial charge in [0, 0.05) is 23.8 Å². The lowest BCUT2D eigenvalue weighted by atomic mass is 9.79. The number of fused-ring (bicyclic) bond motifs is 1. The van der Waals surface area contributed by atoms with Gasteiger partial charge in [-0.1, -0.05) is 18.2 Å². The van der Waals surface area contributed by atoms with Crippen LogP contribution in [0.1, 0.15) is 32.6 Å². The van der Waals surface area contributed by atoms with E-state index in [4.69, 9.17) is 4.74 Å². The second kappa shape index (κ2) is 7.84. The van der Waals surface area contributed by atoms with Crippen molar-refractivity contribution in [2.45, 2.75) is 12.5 Å². The zero-order valence-electron chi connectivity index (χ0n) is 14.4. The Morgan fingerprint density at radius 3 is 1.93 bits per heavy atom. The van der Waals surface area contributed by atoms with Crippen LogP contribution in [0.15, 0.2) is 48.5 Å². The van der Waals surface area contributed by atoms with E-state index in [9.17, 15) is 9.90 Å². The molecule has 4 rings (SSSR count). The van der Waals surface area contributed by atoms with Crippen molar-refractivity contribution in [2.75, 3.05) is 0 Å². The van der Waals surface area contributed by atoms with E-state index in [1.54, 1.807) is 6.07 Å². The van der Waals surface area contributed by atoms with Gasteiger partial charge in [0.05, 0.1) is 12.7 Å². The molecule has 1 unspecified atom stereocenters. The quantitative estimate of drug-likeness (QED) is 0.235. The fourth-order valence-electron chi connectivity index (χ4n) is 3.43. The first-order valence-electron chi connectivity index (χ1n) is 8.23. The number of benzene rings is 3. The first-order chi connectivity index (χ1) is 13.3. The highest BCUT2D eigenvalue weighted by molar-refractivity contribution is 14.1. The van der Waals surface area contributed by atoms with Crippen LogP contribution in [0.25, 0.3) is 0 Å². The molecule has 3 aromatic carbocycles. The number of ether oxygens (including phenoxy) is 1. The zero-order chi connectivity index (χ0) is 20.2. The zero-order valence-corrected chi connectivity index (χ0v) is 23.0. The lowest BCUT2D eigenvalue weighted by Crippen LogP contribution is -2.30. The van der Waals surface area contributed by atoms with Crippen LogP contribution in [0.2, 0.25) is 0 Å². The van der Waals surface area contributed by atoms with Gasteiger partial charge in [0.15, 0.2) is 5.60 Å². The van der Waals surface area contributed by atoms with Crippen LogP contribution >= 0.6 is 90.4 Å². The molecular formula is C21H12I4O3. The Morgan fingerprint density at radius 1 is 0.857 bits per heavy atom. The van der Waals surface area contributed by atoms with Crippen molar-refractivity contribution in [2.24, 2.45) is 0 Å². The smallest absolute Gasteiger partial charge is 0.340 e. The third-order valence-corrected chi connectivity index (χ3v) is 8.77. The summed E-state index contributed by atoms with van der Waals surface area (Å²) in [6, 6.07) is 15.5. The fraction of sp³-hybridized carbons (Fsp3) is 0.0952. The SMILES string of the molecule is Cc1c(I)cc(C2(c3cc(I)c(O)c(I)c3)OC(=O)c3ccccc32)cc1I. The van der Waals surface area contributed by atoms with Gasteiger partial charge in [-0.3, -0.25) is 0 Å². The van der Waals surface area contributed by atoms with Gasteiger partial charge >= 0.3 is 5.97 Å². The lowest BCUT2D eigenvalue weighted by molar-refractivity contribution is 0.0250. The predicted octanol–water partition coefficient (Wildman–Crippen LogP) is 6.58. The first-order valence-corrected chi connectivity index (χ1v) is 12.5. The van der Waals surface area contributed by atoms with Crippen LogP contribution in [-0.4, -0.2) is 11.1 Å². The van der Waals surface area contributed by atoms with Crippen LogP contribution in [0.3, 0.4) is 0 Å². The Balaban J connectivity index is 2.12. The first kappa shape index (κ1) is 21.1. The van der Waals surface area contributed by atoms with Gasteiger partial charge in [0.2, 0.25) is 0 Å². The molecule has 1 aliphatic rings. The Morgan fingerprint density at radius 2 is 1.36 bits per heavy atom. The molecule has 28 heavy (non-hydrogen) atoms. The number of carbonyl (C=O) groups is 1. The average Bonchev–Trinajstić information content (AvgIpc) is 2.97. The summed E-state index contributed by atoms with van der Waals surface area (Å²) >= 11 is 8.87. The van der Waals surface area contributed by atoms with Crippen molar-refractivity contribution in [1.82, 2.24) is 0 Å². The number of halogens is 4. The van der Waals surface area contributed by atoms with E-state index in [0.717, 1.165) is 31.0 Å². The molecule has 1 N–H and O–H groups in total. The number of phenols is 1. The topological polar surface area (TPSA) is 46.5 Å². The summed E-state index contributed by atoms with van der Waals surface area (Å²) in [7, 11) is 0. The van der Waals surface area contributed by atoms with Crippen molar-refractivity contribution < 1.29 is 14.6 Å². The number of rotatable bonds is 2. The van der Waals surface area contributed by atoms with Crippen molar-refractivity contribution in [1.29, 1.82) is 0 Å². The molecule has 0 saturated heterocycles. The second-order valence-electron chi connectivity index (χ2n) is 6.47. The normalized spacial score (nSPS) is 18.1. The van der Waals surface area contributed by atoms with Crippen molar-refractivity contribution >= 4 is 96.3 Å². The molecule has 0 aromatic heterocycles. The molecule has 1 aliphatic heterocycles. The van der Waals surface area contributed by atoms with Crippen LogP contribution in [0.4, 0.5) is 0 Å². The molecule has 0 amide bonds. The largest absolute Gasteiger partial charge is 0.506 e. The van der Waals surface area contributed by atoms with Gasteiger partial charge in [-0.05, 0) is 133 Å². The number of hydrogen-bond donors (Lipinski definition) is 1. The summed E-state index contributed by atoms with van der Waals surface area (Å²) in [6.07, 6.45) is 0. The Kier molecular flexibility index (Phi) is 5.90. The lowest BCUT2D eigenvalue weighted by Gasteiger charge is -2.31. The van der Waals surface area contributed by atoms with Gasteiger partial charge in [-0.15, -0.1) is 0 Å². The number of phenolic OH excluding ortho intramolecular Hbond substituents is 1. The van der Waals surface area contributed by atoms with Crippen molar-refractivity contribution in [3.05, 3.63) is 90.6 Å². The number of esters is 1. The van der Waals surface area contributed by atoms with Gasteiger partial charge in [0.25, 0.3) is 0 Å². The van der Waals surface area contributed by atoms with E-state index in [0.29, 0.717) is 5.56 Å². The van der Waals surface area contributed by atoms with Crippen LogP contribution in [-0.2, 0) is 10.3 Å². The van der Waals surface area contributed by atoms with Crippen LogP contribution in [0, 0.1) is 21.2 Å². The average molecular weight is 820 g/mol. The minimum atomic E-state index is -1.05. The number of cyclic esters (lactones) is 1. The molecule has 0 spiro atoms. The van der Waals surface area contributed by atoms with E-state index in [-0.39, 0.29) is 11.7 Å². The van der Waals surface area contributed by atoms with Gasteiger partial charge in [-0.2, -0.15) is 0 Å². The maximum absolute atomic E-state index is 12.8.